The second kappa shape index (κ2) is 7.10. The number of hydrogen-bond donors (Lipinski definition) is 1. The number of alkyl halides is 1. The molecule has 0 saturated carbocycles. The van der Waals surface area contributed by atoms with E-state index in [1.54, 1.807) is 17.1 Å². The van der Waals surface area contributed by atoms with E-state index in [0.29, 0.717) is 23.8 Å². The standard InChI is InChI=1S/C18H19FN8/c1-3-13(19)11-17-25-24-16-10-12(6-9-27(16)17)14-4-7-20-18(22-14)23-15-5-8-21-26(15)2/h4-10,13H,3,11H2,1-2H3,(H,20,22,23)/t13-/m1/s1. The van der Waals surface area contributed by atoms with E-state index in [1.165, 1.54) is 0 Å². The van der Waals surface area contributed by atoms with Crippen LogP contribution in [-0.4, -0.2) is 40.5 Å². The molecule has 1 atom stereocenters. The van der Waals surface area contributed by atoms with E-state index in [1.807, 2.05) is 48.8 Å². The quantitative estimate of drug-likeness (QED) is 0.565. The zero-order chi connectivity index (χ0) is 18.8. The van der Waals surface area contributed by atoms with Crippen LogP contribution in [0.15, 0.2) is 42.9 Å². The number of anilines is 2. The molecule has 1 N–H and O–H groups in total. The SMILES string of the molecule is CC[C@@H](F)Cc1nnc2cc(-c3ccnc(Nc4ccnn4C)n3)ccn12. The Hall–Kier alpha value is -3.36. The second-order valence-electron chi connectivity index (χ2n) is 6.20. The molecule has 4 aromatic heterocycles. The van der Waals surface area contributed by atoms with Crippen molar-refractivity contribution < 1.29 is 4.39 Å². The molecule has 27 heavy (non-hydrogen) atoms. The van der Waals surface area contributed by atoms with Crippen LogP contribution in [0.5, 0.6) is 0 Å². The molecule has 4 rings (SSSR count). The minimum absolute atomic E-state index is 0.253. The number of nitrogens with one attached hydrogen (secondary N) is 1. The molecular weight excluding hydrogens is 347 g/mol. The van der Waals surface area contributed by atoms with Crippen LogP contribution in [0.2, 0.25) is 0 Å². The van der Waals surface area contributed by atoms with Crippen molar-refractivity contribution in [2.75, 3.05) is 5.32 Å². The average molecular weight is 366 g/mol. The first kappa shape index (κ1) is 17.1. The predicted octanol–water partition coefficient (Wildman–Crippen LogP) is 2.95. The van der Waals surface area contributed by atoms with Gasteiger partial charge >= 0.3 is 0 Å². The largest absolute Gasteiger partial charge is 0.309 e. The molecule has 4 heterocycles. The molecule has 0 aliphatic heterocycles. The van der Waals surface area contributed by atoms with E-state index in [9.17, 15) is 4.39 Å². The van der Waals surface area contributed by atoms with Crippen molar-refractivity contribution in [2.24, 2.45) is 7.05 Å². The Morgan fingerprint density at radius 2 is 2.07 bits per heavy atom. The highest BCUT2D eigenvalue weighted by Crippen LogP contribution is 2.21. The molecule has 0 bridgehead atoms. The van der Waals surface area contributed by atoms with Gasteiger partial charge in [-0.2, -0.15) is 5.10 Å². The first-order valence-electron chi connectivity index (χ1n) is 8.70. The molecule has 138 valence electrons. The van der Waals surface area contributed by atoms with E-state index in [2.05, 4.69) is 30.6 Å². The minimum atomic E-state index is -0.917. The molecule has 0 aliphatic carbocycles. The maximum Gasteiger partial charge on any atom is 0.228 e. The summed E-state index contributed by atoms with van der Waals surface area (Å²) in [6, 6.07) is 7.46. The first-order valence-corrected chi connectivity index (χ1v) is 8.70. The highest BCUT2D eigenvalue weighted by molar-refractivity contribution is 5.65. The molecule has 0 aliphatic rings. The average Bonchev–Trinajstić information content (AvgIpc) is 3.28. The normalized spacial score (nSPS) is 12.4. The molecular formula is C18H19FN8. The summed E-state index contributed by atoms with van der Waals surface area (Å²) in [6.45, 7) is 1.82. The van der Waals surface area contributed by atoms with Gasteiger partial charge in [0.05, 0.1) is 11.9 Å². The Bertz CT molecular complexity index is 1070. The summed E-state index contributed by atoms with van der Waals surface area (Å²) in [5.74, 6) is 1.88. The Morgan fingerprint density at radius 1 is 1.19 bits per heavy atom. The minimum Gasteiger partial charge on any atom is -0.309 e. The summed E-state index contributed by atoms with van der Waals surface area (Å²) in [6.07, 6.45) is 5.03. The third kappa shape index (κ3) is 3.48. The monoisotopic (exact) mass is 366 g/mol. The summed E-state index contributed by atoms with van der Waals surface area (Å²) in [4.78, 5) is 8.80. The van der Waals surface area contributed by atoms with E-state index in [0.717, 1.165) is 17.1 Å². The van der Waals surface area contributed by atoms with Crippen molar-refractivity contribution in [1.29, 1.82) is 0 Å². The van der Waals surface area contributed by atoms with E-state index in [4.69, 9.17) is 0 Å². The lowest BCUT2D eigenvalue weighted by Gasteiger charge is -2.07. The van der Waals surface area contributed by atoms with E-state index < -0.39 is 6.17 Å². The van der Waals surface area contributed by atoms with Crippen molar-refractivity contribution in [2.45, 2.75) is 25.9 Å². The predicted molar refractivity (Wildman–Crippen MR) is 99.4 cm³/mol. The van der Waals surface area contributed by atoms with E-state index in [-0.39, 0.29) is 6.42 Å². The van der Waals surface area contributed by atoms with Crippen molar-refractivity contribution in [3.05, 3.63) is 48.7 Å². The van der Waals surface area contributed by atoms with Gasteiger partial charge in [0.15, 0.2) is 5.65 Å². The molecule has 0 saturated heterocycles. The Balaban J connectivity index is 1.62. The summed E-state index contributed by atoms with van der Waals surface area (Å²) in [7, 11) is 1.84. The highest BCUT2D eigenvalue weighted by atomic mass is 19.1. The molecule has 0 radical (unpaired) electrons. The van der Waals surface area contributed by atoms with Crippen LogP contribution in [0.3, 0.4) is 0 Å². The third-order valence-electron chi connectivity index (χ3n) is 4.34. The van der Waals surface area contributed by atoms with Crippen molar-refractivity contribution in [3.63, 3.8) is 0 Å². The van der Waals surface area contributed by atoms with Gasteiger partial charge in [0.2, 0.25) is 5.95 Å². The fraction of sp³-hybridized carbons (Fsp3) is 0.278. The number of rotatable bonds is 6. The number of hydrogen-bond acceptors (Lipinski definition) is 6. The molecule has 4 aromatic rings. The van der Waals surface area contributed by atoms with Gasteiger partial charge in [0.1, 0.15) is 17.8 Å². The molecule has 0 amide bonds. The number of fused-ring (bicyclic) bond motifs is 1. The van der Waals surface area contributed by atoms with Crippen LogP contribution in [0.1, 0.15) is 19.2 Å². The van der Waals surface area contributed by atoms with Crippen LogP contribution in [0.4, 0.5) is 16.2 Å². The zero-order valence-electron chi connectivity index (χ0n) is 15.0. The van der Waals surface area contributed by atoms with Crippen LogP contribution >= 0.6 is 0 Å². The van der Waals surface area contributed by atoms with Crippen LogP contribution in [0, 0.1) is 0 Å². The molecule has 8 nitrogen and oxygen atoms in total. The smallest absolute Gasteiger partial charge is 0.228 e. The number of aryl methyl sites for hydroxylation is 1. The third-order valence-corrected chi connectivity index (χ3v) is 4.34. The highest BCUT2D eigenvalue weighted by Gasteiger charge is 2.13. The maximum atomic E-state index is 13.7. The topological polar surface area (TPSA) is 85.8 Å². The maximum absolute atomic E-state index is 13.7. The van der Waals surface area contributed by atoms with Crippen molar-refractivity contribution in [3.8, 4) is 11.3 Å². The van der Waals surface area contributed by atoms with Gasteiger partial charge in [-0.1, -0.05) is 6.92 Å². The van der Waals surface area contributed by atoms with Crippen LogP contribution in [0.25, 0.3) is 16.9 Å². The summed E-state index contributed by atoms with van der Waals surface area (Å²) >= 11 is 0. The van der Waals surface area contributed by atoms with Gasteiger partial charge < -0.3 is 5.32 Å². The Labute approximate surface area is 155 Å². The molecule has 0 aromatic carbocycles. The number of halogens is 1. The molecule has 9 heteroatoms. The molecule has 0 unspecified atom stereocenters. The van der Waals surface area contributed by atoms with Crippen molar-refractivity contribution in [1.82, 2.24) is 34.3 Å². The summed E-state index contributed by atoms with van der Waals surface area (Å²) < 4.78 is 17.2. The lowest BCUT2D eigenvalue weighted by molar-refractivity contribution is 0.317. The van der Waals surface area contributed by atoms with Gasteiger partial charge in [0, 0.05) is 37.5 Å². The molecule has 0 fully saturated rings. The van der Waals surface area contributed by atoms with Gasteiger partial charge in [-0.15, -0.1) is 10.2 Å². The Morgan fingerprint density at radius 3 is 2.85 bits per heavy atom. The lowest BCUT2D eigenvalue weighted by atomic mass is 10.2. The number of nitrogens with zero attached hydrogens (tertiary/aromatic N) is 7. The summed E-state index contributed by atoms with van der Waals surface area (Å²) in [5.41, 5.74) is 2.29. The number of aromatic nitrogens is 7. The van der Waals surface area contributed by atoms with Crippen LogP contribution in [-0.2, 0) is 13.5 Å². The number of pyridine rings is 1. The van der Waals surface area contributed by atoms with Gasteiger partial charge in [-0.05, 0) is 24.6 Å². The Kier molecular flexibility index (Phi) is 4.49. The molecule has 0 spiro atoms. The summed E-state index contributed by atoms with van der Waals surface area (Å²) in [5, 5.41) is 15.5. The van der Waals surface area contributed by atoms with Gasteiger partial charge in [-0.25, -0.2) is 14.4 Å². The van der Waals surface area contributed by atoms with Gasteiger partial charge in [-0.3, -0.25) is 9.08 Å². The van der Waals surface area contributed by atoms with Gasteiger partial charge in [0.25, 0.3) is 0 Å². The van der Waals surface area contributed by atoms with E-state index >= 15 is 0 Å². The fourth-order valence-electron chi connectivity index (χ4n) is 2.77. The lowest BCUT2D eigenvalue weighted by Crippen LogP contribution is -2.06. The van der Waals surface area contributed by atoms with Crippen LogP contribution < -0.4 is 5.32 Å². The fourth-order valence-corrected chi connectivity index (χ4v) is 2.77. The zero-order valence-corrected chi connectivity index (χ0v) is 15.0. The second-order valence-corrected chi connectivity index (χ2v) is 6.20. The first-order chi connectivity index (χ1) is 13.1. The van der Waals surface area contributed by atoms with Crippen molar-refractivity contribution >= 4 is 17.4 Å².